The first kappa shape index (κ1) is 25.3. The summed E-state index contributed by atoms with van der Waals surface area (Å²) in [5.41, 5.74) is 3.35. The molecule has 0 saturated heterocycles. The minimum atomic E-state index is -0.0516. The lowest BCUT2D eigenvalue weighted by atomic mass is 9.44. The van der Waals surface area contributed by atoms with Gasteiger partial charge in [0.25, 0.3) is 0 Å². The molecule has 9 atom stereocenters. The molecule has 5 rings (SSSR count). The molecule has 0 heterocycles. The predicted octanol–water partition coefficient (Wildman–Crippen LogP) is 7.05. The van der Waals surface area contributed by atoms with Crippen LogP contribution in [-0.4, -0.2) is 17.1 Å². The van der Waals surface area contributed by atoms with E-state index in [1.807, 2.05) is 0 Å². The SMILES string of the molecule is Cc1ccc(CNC(=O)CCC(C)C2CC[C@H]3[C@@H]4CC[C@@H]5C[C@H](O)CC[C@]5(C)[C@H]4CC[C@]23C)cc1. The molecule has 35 heavy (non-hydrogen) atoms. The van der Waals surface area contributed by atoms with Gasteiger partial charge >= 0.3 is 0 Å². The van der Waals surface area contributed by atoms with E-state index in [0.717, 1.165) is 48.9 Å². The molecular formula is C32H49NO2. The normalized spacial score (nSPS) is 41.4. The average molecular weight is 480 g/mol. The van der Waals surface area contributed by atoms with Gasteiger partial charge in [-0.1, -0.05) is 50.6 Å². The highest BCUT2D eigenvalue weighted by Crippen LogP contribution is 2.68. The van der Waals surface area contributed by atoms with Crippen molar-refractivity contribution in [2.75, 3.05) is 0 Å². The average Bonchev–Trinajstić information content (AvgIpc) is 3.20. The predicted molar refractivity (Wildman–Crippen MR) is 143 cm³/mol. The van der Waals surface area contributed by atoms with Gasteiger partial charge in [-0.3, -0.25) is 4.79 Å². The Hall–Kier alpha value is -1.35. The molecule has 4 aliphatic carbocycles. The number of aliphatic hydroxyl groups is 1. The van der Waals surface area contributed by atoms with Crippen LogP contribution in [0.25, 0.3) is 0 Å². The van der Waals surface area contributed by atoms with Crippen molar-refractivity contribution >= 4 is 5.91 Å². The zero-order valence-corrected chi connectivity index (χ0v) is 22.7. The summed E-state index contributed by atoms with van der Waals surface area (Å²) in [7, 11) is 0. The smallest absolute Gasteiger partial charge is 0.220 e. The number of carbonyl (C=O) groups is 1. The summed E-state index contributed by atoms with van der Waals surface area (Å²) in [4.78, 5) is 12.6. The number of nitrogens with one attached hydrogen (secondary N) is 1. The summed E-state index contributed by atoms with van der Waals surface area (Å²) >= 11 is 0. The monoisotopic (exact) mass is 479 g/mol. The van der Waals surface area contributed by atoms with Crippen LogP contribution in [0.1, 0.15) is 103 Å². The van der Waals surface area contributed by atoms with E-state index < -0.39 is 0 Å². The molecular weight excluding hydrogens is 430 g/mol. The minimum Gasteiger partial charge on any atom is -0.393 e. The molecule has 194 valence electrons. The van der Waals surface area contributed by atoms with Crippen molar-refractivity contribution in [2.24, 2.45) is 46.3 Å². The Morgan fingerprint density at radius 1 is 1.00 bits per heavy atom. The molecule has 1 aromatic rings. The standard InChI is InChI=1S/C32H49NO2/c1-21-5-8-23(9-6-21)20-33-30(35)14-7-22(2)27-12-13-28-26-11-10-24-19-25(34)15-17-31(24,3)29(26)16-18-32(27,28)4/h5-6,8-9,22,24-29,34H,7,10-20H2,1-4H3,(H,33,35)/t22?,24-,25-,26+,27?,28+,29+,31+,32-/m1/s1. The van der Waals surface area contributed by atoms with Gasteiger partial charge < -0.3 is 10.4 Å². The fourth-order valence-corrected chi connectivity index (χ4v) is 9.77. The van der Waals surface area contributed by atoms with E-state index in [4.69, 9.17) is 0 Å². The van der Waals surface area contributed by atoms with Crippen molar-refractivity contribution in [3.63, 3.8) is 0 Å². The molecule has 0 bridgehead atoms. The lowest BCUT2D eigenvalue weighted by molar-refractivity contribution is -0.130. The molecule has 0 spiro atoms. The van der Waals surface area contributed by atoms with Gasteiger partial charge in [0.2, 0.25) is 5.91 Å². The van der Waals surface area contributed by atoms with Gasteiger partial charge in [-0.15, -0.1) is 0 Å². The number of aliphatic hydroxyl groups excluding tert-OH is 1. The third kappa shape index (κ3) is 4.72. The molecule has 2 N–H and O–H groups in total. The second-order valence-electron chi connectivity index (χ2n) is 13.6. The van der Waals surface area contributed by atoms with E-state index >= 15 is 0 Å². The number of amides is 1. The van der Waals surface area contributed by atoms with Crippen LogP contribution in [0.4, 0.5) is 0 Å². The first-order valence-corrected chi connectivity index (χ1v) is 14.7. The lowest BCUT2D eigenvalue weighted by Gasteiger charge is -2.61. The van der Waals surface area contributed by atoms with Gasteiger partial charge in [-0.25, -0.2) is 0 Å². The number of hydrogen-bond donors (Lipinski definition) is 2. The number of hydrogen-bond acceptors (Lipinski definition) is 2. The number of rotatable bonds is 6. The van der Waals surface area contributed by atoms with E-state index in [1.54, 1.807) is 0 Å². The zero-order valence-electron chi connectivity index (χ0n) is 22.7. The number of fused-ring (bicyclic) bond motifs is 5. The molecule has 4 aliphatic rings. The second kappa shape index (κ2) is 9.84. The quantitative estimate of drug-likeness (QED) is 0.459. The third-order valence-electron chi connectivity index (χ3n) is 11.8. The van der Waals surface area contributed by atoms with Crippen LogP contribution in [0.5, 0.6) is 0 Å². The highest BCUT2D eigenvalue weighted by molar-refractivity contribution is 5.75. The maximum absolute atomic E-state index is 12.6. The Morgan fingerprint density at radius 3 is 2.49 bits per heavy atom. The molecule has 4 fully saturated rings. The number of benzene rings is 1. The topological polar surface area (TPSA) is 49.3 Å². The van der Waals surface area contributed by atoms with Gasteiger partial charge in [0, 0.05) is 13.0 Å². The van der Waals surface area contributed by atoms with E-state index in [9.17, 15) is 9.90 Å². The minimum absolute atomic E-state index is 0.0516. The highest BCUT2D eigenvalue weighted by atomic mass is 16.3. The van der Waals surface area contributed by atoms with Crippen LogP contribution in [0.3, 0.4) is 0 Å². The molecule has 2 unspecified atom stereocenters. The van der Waals surface area contributed by atoms with Gasteiger partial charge in [0.05, 0.1) is 6.10 Å². The first-order valence-electron chi connectivity index (χ1n) is 14.7. The maximum Gasteiger partial charge on any atom is 0.220 e. The summed E-state index contributed by atoms with van der Waals surface area (Å²) in [6.07, 6.45) is 13.2. The summed E-state index contributed by atoms with van der Waals surface area (Å²) < 4.78 is 0. The Bertz CT molecular complexity index is 895. The largest absolute Gasteiger partial charge is 0.393 e. The molecule has 0 aromatic heterocycles. The van der Waals surface area contributed by atoms with Crippen LogP contribution in [0.2, 0.25) is 0 Å². The van der Waals surface area contributed by atoms with Crippen LogP contribution >= 0.6 is 0 Å². The molecule has 4 saturated carbocycles. The Labute approximate surface area is 213 Å². The Morgan fingerprint density at radius 2 is 1.71 bits per heavy atom. The Balaban J connectivity index is 1.17. The van der Waals surface area contributed by atoms with Gasteiger partial charge in [-0.2, -0.15) is 0 Å². The summed E-state index contributed by atoms with van der Waals surface area (Å²) in [5, 5.41) is 13.5. The van der Waals surface area contributed by atoms with E-state index in [0.29, 0.717) is 29.7 Å². The molecule has 3 heteroatoms. The maximum atomic E-state index is 12.6. The highest BCUT2D eigenvalue weighted by Gasteiger charge is 2.60. The number of aryl methyl sites for hydroxylation is 1. The molecule has 0 aliphatic heterocycles. The van der Waals surface area contributed by atoms with Crippen LogP contribution in [-0.2, 0) is 11.3 Å². The van der Waals surface area contributed by atoms with Crippen LogP contribution < -0.4 is 5.32 Å². The van der Waals surface area contributed by atoms with Crippen LogP contribution in [0.15, 0.2) is 24.3 Å². The van der Waals surface area contributed by atoms with Gasteiger partial charge in [-0.05, 0) is 123 Å². The van der Waals surface area contributed by atoms with Crippen molar-refractivity contribution in [3.05, 3.63) is 35.4 Å². The number of carbonyl (C=O) groups excluding carboxylic acids is 1. The fraction of sp³-hybridized carbons (Fsp3) is 0.781. The lowest BCUT2D eigenvalue weighted by Crippen LogP contribution is -2.54. The molecule has 1 aromatic carbocycles. The van der Waals surface area contributed by atoms with Crippen molar-refractivity contribution in [1.29, 1.82) is 0 Å². The molecule has 3 nitrogen and oxygen atoms in total. The zero-order chi connectivity index (χ0) is 24.8. The summed E-state index contributed by atoms with van der Waals surface area (Å²) in [6.45, 7) is 10.4. The summed E-state index contributed by atoms with van der Waals surface area (Å²) in [5.74, 6) is 4.95. The van der Waals surface area contributed by atoms with Crippen molar-refractivity contribution in [2.45, 2.75) is 111 Å². The van der Waals surface area contributed by atoms with E-state index in [2.05, 4.69) is 57.3 Å². The van der Waals surface area contributed by atoms with Crippen molar-refractivity contribution in [3.8, 4) is 0 Å². The van der Waals surface area contributed by atoms with Crippen molar-refractivity contribution < 1.29 is 9.90 Å². The van der Waals surface area contributed by atoms with Crippen LogP contribution in [0, 0.1) is 53.3 Å². The van der Waals surface area contributed by atoms with E-state index in [1.165, 1.54) is 56.1 Å². The summed E-state index contributed by atoms with van der Waals surface area (Å²) in [6, 6.07) is 8.44. The molecule has 0 radical (unpaired) electrons. The first-order chi connectivity index (χ1) is 16.7. The Kier molecular flexibility index (Phi) is 7.12. The van der Waals surface area contributed by atoms with Crippen molar-refractivity contribution in [1.82, 2.24) is 5.32 Å². The second-order valence-corrected chi connectivity index (χ2v) is 13.6. The molecule has 1 amide bonds. The van der Waals surface area contributed by atoms with E-state index in [-0.39, 0.29) is 12.0 Å². The van der Waals surface area contributed by atoms with Gasteiger partial charge in [0.15, 0.2) is 0 Å². The van der Waals surface area contributed by atoms with Gasteiger partial charge in [0.1, 0.15) is 0 Å². The fourth-order valence-electron chi connectivity index (χ4n) is 9.77. The third-order valence-corrected chi connectivity index (χ3v) is 11.8.